The average Bonchev–Trinajstić information content (AvgIpc) is 3.01. The van der Waals surface area contributed by atoms with Crippen LogP contribution in [0.1, 0.15) is 36.0 Å². The molecule has 0 spiro atoms. The maximum absolute atomic E-state index is 13.9. The molecule has 0 bridgehead atoms. The Hall–Kier alpha value is -1.13. The SMILES string of the molecule is O=C(c1ccc(Cl)cc1F)N1CCCC(C2CCCN2)C1. The van der Waals surface area contributed by atoms with E-state index in [-0.39, 0.29) is 11.5 Å². The number of rotatable bonds is 2. The van der Waals surface area contributed by atoms with Gasteiger partial charge < -0.3 is 10.2 Å². The van der Waals surface area contributed by atoms with Crippen LogP contribution in [0.2, 0.25) is 5.02 Å². The number of carbonyl (C=O) groups is 1. The second kappa shape index (κ2) is 6.32. The fraction of sp³-hybridized carbons (Fsp3) is 0.562. The first-order valence-corrected chi connectivity index (χ1v) is 8.00. The van der Waals surface area contributed by atoms with E-state index in [1.165, 1.54) is 25.0 Å². The Morgan fingerprint density at radius 1 is 1.33 bits per heavy atom. The van der Waals surface area contributed by atoms with Gasteiger partial charge in [0, 0.05) is 24.2 Å². The maximum Gasteiger partial charge on any atom is 0.256 e. The first-order chi connectivity index (χ1) is 10.1. The average molecular weight is 311 g/mol. The van der Waals surface area contributed by atoms with Crippen LogP contribution in [0.5, 0.6) is 0 Å². The van der Waals surface area contributed by atoms with Crippen LogP contribution in [0, 0.1) is 11.7 Å². The van der Waals surface area contributed by atoms with Gasteiger partial charge in [-0.25, -0.2) is 4.39 Å². The van der Waals surface area contributed by atoms with Crippen molar-refractivity contribution in [2.75, 3.05) is 19.6 Å². The summed E-state index contributed by atoms with van der Waals surface area (Å²) in [5.41, 5.74) is 0.124. The number of amides is 1. The van der Waals surface area contributed by atoms with Crippen molar-refractivity contribution in [2.24, 2.45) is 5.92 Å². The van der Waals surface area contributed by atoms with Crippen LogP contribution in [0.15, 0.2) is 18.2 Å². The minimum atomic E-state index is -0.534. The Morgan fingerprint density at radius 3 is 2.90 bits per heavy atom. The lowest BCUT2D eigenvalue weighted by Gasteiger charge is -2.36. The van der Waals surface area contributed by atoms with E-state index in [1.807, 2.05) is 0 Å². The lowest BCUT2D eigenvalue weighted by Crippen LogP contribution is -2.46. The molecule has 21 heavy (non-hydrogen) atoms. The molecule has 3 rings (SSSR count). The topological polar surface area (TPSA) is 32.3 Å². The summed E-state index contributed by atoms with van der Waals surface area (Å²) in [6.45, 7) is 2.50. The molecule has 1 aromatic rings. The number of hydrogen-bond acceptors (Lipinski definition) is 2. The Kier molecular flexibility index (Phi) is 4.45. The van der Waals surface area contributed by atoms with E-state index in [1.54, 1.807) is 11.0 Å². The predicted octanol–water partition coefficient (Wildman–Crippen LogP) is 3.08. The zero-order chi connectivity index (χ0) is 14.8. The van der Waals surface area contributed by atoms with Gasteiger partial charge in [0.25, 0.3) is 5.91 Å². The maximum atomic E-state index is 13.9. The third-order valence-corrected chi connectivity index (χ3v) is 4.81. The quantitative estimate of drug-likeness (QED) is 0.910. The zero-order valence-electron chi connectivity index (χ0n) is 11.9. The van der Waals surface area contributed by atoms with Crippen molar-refractivity contribution >= 4 is 17.5 Å². The third-order valence-electron chi connectivity index (χ3n) is 4.57. The highest BCUT2D eigenvalue weighted by Gasteiger charge is 2.31. The smallest absolute Gasteiger partial charge is 0.256 e. The second-order valence-electron chi connectivity index (χ2n) is 5.98. The van der Waals surface area contributed by atoms with Crippen LogP contribution >= 0.6 is 11.6 Å². The zero-order valence-corrected chi connectivity index (χ0v) is 12.7. The molecule has 2 aliphatic heterocycles. The van der Waals surface area contributed by atoms with Gasteiger partial charge in [-0.2, -0.15) is 0 Å². The summed E-state index contributed by atoms with van der Waals surface area (Å²) in [5, 5.41) is 3.83. The number of likely N-dealkylation sites (tertiary alicyclic amines) is 1. The largest absolute Gasteiger partial charge is 0.338 e. The van der Waals surface area contributed by atoms with Gasteiger partial charge in [0.05, 0.1) is 5.56 Å². The first-order valence-electron chi connectivity index (χ1n) is 7.63. The van der Waals surface area contributed by atoms with Crippen molar-refractivity contribution in [1.29, 1.82) is 0 Å². The number of nitrogens with zero attached hydrogens (tertiary/aromatic N) is 1. The minimum absolute atomic E-state index is 0.124. The molecule has 5 heteroatoms. The molecule has 2 unspecified atom stereocenters. The lowest BCUT2D eigenvalue weighted by molar-refractivity contribution is 0.0646. The molecule has 2 atom stereocenters. The van der Waals surface area contributed by atoms with Crippen molar-refractivity contribution in [3.63, 3.8) is 0 Å². The van der Waals surface area contributed by atoms with Crippen LogP contribution in [-0.4, -0.2) is 36.5 Å². The van der Waals surface area contributed by atoms with Crippen molar-refractivity contribution in [2.45, 2.75) is 31.7 Å². The summed E-state index contributed by atoms with van der Waals surface area (Å²) < 4.78 is 13.9. The summed E-state index contributed by atoms with van der Waals surface area (Å²) >= 11 is 5.74. The number of benzene rings is 1. The Labute approximate surface area is 129 Å². The summed E-state index contributed by atoms with van der Waals surface area (Å²) in [4.78, 5) is 14.3. The van der Waals surface area contributed by atoms with E-state index in [4.69, 9.17) is 11.6 Å². The number of nitrogens with one attached hydrogen (secondary N) is 1. The molecule has 2 saturated heterocycles. The first kappa shape index (κ1) is 14.8. The van der Waals surface area contributed by atoms with Crippen LogP contribution in [0.4, 0.5) is 4.39 Å². The molecule has 114 valence electrons. The van der Waals surface area contributed by atoms with Crippen LogP contribution in [0.25, 0.3) is 0 Å². The number of carbonyl (C=O) groups excluding carboxylic acids is 1. The molecule has 3 nitrogen and oxygen atoms in total. The Morgan fingerprint density at radius 2 is 2.19 bits per heavy atom. The Bertz CT molecular complexity index is 531. The van der Waals surface area contributed by atoms with Crippen LogP contribution < -0.4 is 5.32 Å². The monoisotopic (exact) mass is 310 g/mol. The van der Waals surface area contributed by atoms with Crippen molar-refractivity contribution in [3.8, 4) is 0 Å². The molecule has 0 aliphatic carbocycles. The third kappa shape index (κ3) is 3.22. The van der Waals surface area contributed by atoms with Crippen LogP contribution in [-0.2, 0) is 0 Å². The van der Waals surface area contributed by atoms with Crippen LogP contribution in [0.3, 0.4) is 0 Å². The number of hydrogen-bond donors (Lipinski definition) is 1. The van der Waals surface area contributed by atoms with Gasteiger partial charge in [0.15, 0.2) is 0 Å². The molecule has 1 amide bonds. The van der Waals surface area contributed by atoms with E-state index < -0.39 is 5.82 Å². The Balaban J connectivity index is 1.71. The molecular weight excluding hydrogens is 291 g/mol. The van der Waals surface area contributed by atoms with Crippen molar-refractivity contribution in [1.82, 2.24) is 10.2 Å². The lowest BCUT2D eigenvalue weighted by atomic mass is 9.89. The van der Waals surface area contributed by atoms with Gasteiger partial charge in [0.2, 0.25) is 0 Å². The summed E-state index contributed by atoms with van der Waals surface area (Å²) in [6, 6.07) is 4.76. The molecular formula is C16H20ClFN2O. The van der Waals surface area contributed by atoms with Gasteiger partial charge in [-0.05, 0) is 56.3 Å². The van der Waals surface area contributed by atoms with Gasteiger partial charge in [-0.15, -0.1) is 0 Å². The highest BCUT2D eigenvalue weighted by atomic mass is 35.5. The fourth-order valence-electron chi connectivity index (χ4n) is 3.47. The highest BCUT2D eigenvalue weighted by Crippen LogP contribution is 2.26. The minimum Gasteiger partial charge on any atom is -0.338 e. The van der Waals surface area contributed by atoms with E-state index in [0.717, 1.165) is 25.9 Å². The van der Waals surface area contributed by atoms with E-state index >= 15 is 0 Å². The number of piperidine rings is 1. The molecule has 0 saturated carbocycles. The van der Waals surface area contributed by atoms with E-state index in [9.17, 15) is 9.18 Å². The molecule has 0 aromatic heterocycles. The number of halogens is 2. The molecule has 0 radical (unpaired) electrons. The summed E-state index contributed by atoms with van der Waals surface area (Å²) in [7, 11) is 0. The van der Waals surface area contributed by atoms with Crippen molar-refractivity contribution in [3.05, 3.63) is 34.6 Å². The molecule has 2 heterocycles. The van der Waals surface area contributed by atoms with E-state index in [0.29, 0.717) is 23.5 Å². The summed E-state index contributed by atoms with van der Waals surface area (Å²) in [5.74, 6) is -0.263. The molecule has 1 N–H and O–H groups in total. The van der Waals surface area contributed by atoms with Crippen molar-refractivity contribution < 1.29 is 9.18 Å². The normalized spacial score (nSPS) is 26.1. The van der Waals surface area contributed by atoms with Gasteiger partial charge in [-0.3, -0.25) is 4.79 Å². The van der Waals surface area contributed by atoms with Gasteiger partial charge in [0.1, 0.15) is 5.82 Å². The molecule has 2 fully saturated rings. The summed E-state index contributed by atoms with van der Waals surface area (Å²) in [6.07, 6.45) is 4.53. The van der Waals surface area contributed by atoms with E-state index in [2.05, 4.69) is 5.32 Å². The fourth-order valence-corrected chi connectivity index (χ4v) is 3.63. The molecule has 2 aliphatic rings. The second-order valence-corrected chi connectivity index (χ2v) is 6.42. The highest BCUT2D eigenvalue weighted by molar-refractivity contribution is 6.30. The predicted molar refractivity (Wildman–Crippen MR) is 81.1 cm³/mol. The van der Waals surface area contributed by atoms with Gasteiger partial charge >= 0.3 is 0 Å². The molecule has 1 aromatic carbocycles. The standard InChI is InChI=1S/C16H20ClFN2O/c17-12-5-6-13(14(18)9-12)16(21)20-8-2-3-11(10-20)15-4-1-7-19-15/h5-6,9,11,15,19H,1-4,7-8,10H2. The van der Waals surface area contributed by atoms with Gasteiger partial charge in [-0.1, -0.05) is 11.6 Å².